The fourth-order valence-electron chi connectivity index (χ4n) is 3.29. The number of nitrogens with one attached hydrogen (secondary N) is 1. The average Bonchev–Trinajstić information content (AvgIpc) is 2.76. The molecule has 0 aromatic heterocycles. The standard InChI is InChI=1S/C20H26N2/c1-17-8-5-6-11-19(17)16-22-13-7-12-21-15-20(22)14-18-9-3-2-4-10-18/h2-6,8-11,20-21H,7,12-16H2,1H3. The summed E-state index contributed by atoms with van der Waals surface area (Å²) in [5.41, 5.74) is 4.30. The Morgan fingerprint density at radius 3 is 2.64 bits per heavy atom. The second kappa shape index (κ2) is 7.57. The average molecular weight is 294 g/mol. The van der Waals surface area contributed by atoms with Crippen molar-refractivity contribution in [2.75, 3.05) is 19.6 Å². The molecule has 2 nitrogen and oxygen atoms in total. The number of benzene rings is 2. The fourth-order valence-corrected chi connectivity index (χ4v) is 3.29. The van der Waals surface area contributed by atoms with Crippen molar-refractivity contribution in [1.29, 1.82) is 0 Å². The minimum absolute atomic E-state index is 0.574. The highest BCUT2D eigenvalue weighted by Gasteiger charge is 2.21. The SMILES string of the molecule is Cc1ccccc1CN1CCCNCC1Cc1ccccc1. The first-order valence-electron chi connectivity index (χ1n) is 8.36. The van der Waals surface area contributed by atoms with E-state index in [4.69, 9.17) is 0 Å². The van der Waals surface area contributed by atoms with Crippen LogP contribution in [0.2, 0.25) is 0 Å². The summed E-state index contributed by atoms with van der Waals surface area (Å²) in [6, 6.07) is 20.2. The van der Waals surface area contributed by atoms with Crippen LogP contribution in [0.5, 0.6) is 0 Å². The lowest BCUT2D eigenvalue weighted by Gasteiger charge is -2.30. The monoisotopic (exact) mass is 294 g/mol. The molecule has 1 N–H and O–H groups in total. The van der Waals surface area contributed by atoms with Gasteiger partial charge in [-0.05, 0) is 43.0 Å². The molecule has 0 bridgehead atoms. The molecule has 1 fully saturated rings. The second-order valence-corrected chi connectivity index (χ2v) is 6.30. The number of hydrogen-bond acceptors (Lipinski definition) is 2. The maximum Gasteiger partial charge on any atom is 0.0264 e. The molecule has 2 aromatic carbocycles. The Kier molecular flexibility index (Phi) is 5.25. The molecule has 3 rings (SSSR count). The van der Waals surface area contributed by atoms with Gasteiger partial charge in [0, 0.05) is 25.7 Å². The van der Waals surface area contributed by atoms with E-state index in [1.165, 1.54) is 29.7 Å². The normalized spacial score (nSPS) is 19.8. The molecule has 0 radical (unpaired) electrons. The zero-order valence-corrected chi connectivity index (χ0v) is 13.5. The minimum Gasteiger partial charge on any atom is -0.315 e. The van der Waals surface area contributed by atoms with Gasteiger partial charge in [-0.1, -0.05) is 54.6 Å². The van der Waals surface area contributed by atoms with Gasteiger partial charge in [-0.3, -0.25) is 4.90 Å². The predicted molar refractivity (Wildman–Crippen MR) is 93.0 cm³/mol. The Labute approximate surface area is 134 Å². The van der Waals surface area contributed by atoms with Crippen LogP contribution in [0.4, 0.5) is 0 Å². The third-order valence-corrected chi connectivity index (χ3v) is 4.64. The molecule has 2 heteroatoms. The maximum atomic E-state index is 3.61. The molecule has 2 aromatic rings. The fraction of sp³-hybridized carbons (Fsp3) is 0.400. The molecule has 0 spiro atoms. The van der Waals surface area contributed by atoms with E-state index in [9.17, 15) is 0 Å². The molecule has 0 amide bonds. The van der Waals surface area contributed by atoms with Gasteiger partial charge in [0.25, 0.3) is 0 Å². The summed E-state index contributed by atoms with van der Waals surface area (Å²) in [5.74, 6) is 0. The molecule has 1 heterocycles. The summed E-state index contributed by atoms with van der Waals surface area (Å²) in [6.07, 6.45) is 2.36. The Morgan fingerprint density at radius 1 is 1.05 bits per heavy atom. The van der Waals surface area contributed by atoms with Crippen LogP contribution in [0.25, 0.3) is 0 Å². The van der Waals surface area contributed by atoms with Crippen molar-refractivity contribution >= 4 is 0 Å². The van der Waals surface area contributed by atoms with Crippen LogP contribution in [0.1, 0.15) is 23.1 Å². The summed E-state index contributed by atoms with van der Waals surface area (Å²) < 4.78 is 0. The Morgan fingerprint density at radius 2 is 1.82 bits per heavy atom. The molecule has 1 saturated heterocycles. The summed E-state index contributed by atoms with van der Waals surface area (Å²) >= 11 is 0. The Hall–Kier alpha value is -1.64. The van der Waals surface area contributed by atoms with E-state index in [0.717, 1.165) is 26.1 Å². The van der Waals surface area contributed by atoms with Crippen LogP contribution in [0.15, 0.2) is 54.6 Å². The van der Waals surface area contributed by atoms with Crippen LogP contribution in [-0.2, 0) is 13.0 Å². The van der Waals surface area contributed by atoms with Crippen LogP contribution in [0, 0.1) is 6.92 Å². The van der Waals surface area contributed by atoms with Crippen LogP contribution in [-0.4, -0.2) is 30.6 Å². The number of hydrogen-bond donors (Lipinski definition) is 1. The van der Waals surface area contributed by atoms with E-state index in [-0.39, 0.29) is 0 Å². The largest absolute Gasteiger partial charge is 0.315 e. The van der Waals surface area contributed by atoms with Gasteiger partial charge in [0.1, 0.15) is 0 Å². The van der Waals surface area contributed by atoms with Crippen LogP contribution >= 0.6 is 0 Å². The van der Waals surface area contributed by atoms with E-state index in [1.807, 2.05) is 0 Å². The van der Waals surface area contributed by atoms with E-state index in [2.05, 4.69) is 71.7 Å². The van der Waals surface area contributed by atoms with Crippen LogP contribution < -0.4 is 5.32 Å². The van der Waals surface area contributed by atoms with Gasteiger partial charge >= 0.3 is 0 Å². The molecule has 0 saturated carbocycles. The first-order valence-corrected chi connectivity index (χ1v) is 8.36. The summed E-state index contributed by atoms with van der Waals surface area (Å²) in [7, 11) is 0. The molecule has 0 aliphatic carbocycles. The van der Waals surface area contributed by atoms with Crippen molar-refractivity contribution in [3.63, 3.8) is 0 Å². The van der Waals surface area contributed by atoms with Gasteiger partial charge in [-0.25, -0.2) is 0 Å². The summed E-state index contributed by atoms with van der Waals surface area (Å²) in [5, 5.41) is 3.61. The van der Waals surface area contributed by atoms with Gasteiger partial charge in [0.2, 0.25) is 0 Å². The molecule has 22 heavy (non-hydrogen) atoms. The quantitative estimate of drug-likeness (QED) is 0.929. The van der Waals surface area contributed by atoms with Crippen molar-refractivity contribution in [3.8, 4) is 0 Å². The Bertz CT molecular complexity index is 579. The predicted octanol–water partition coefficient (Wildman–Crippen LogP) is 3.40. The lowest BCUT2D eigenvalue weighted by molar-refractivity contribution is 0.198. The molecule has 1 aliphatic heterocycles. The van der Waals surface area contributed by atoms with Gasteiger partial charge in [0.05, 0.1) is 0 Å². The van der Waals surface area contributed by atoms with Crippen molar-refractivity contribution < 1.29 is 0 Å². The molecular weight excluding hydrogens is 268 g/mol. The zero-order chi connectivity index (χ0) is 15.2. The maximum absolute atomic E-state index is 3.61. The van der Waals surface area contributed by atoms with E-state index in [1.54, 1.807) is 0 Å². The second-order valence-electron chi connectivity index (χ2n) is 6.30. The lowest BCUT2D eigenvalue weighted by Crippen LogP contribution is -2.41. The molecule has 1 aliphatic rings. The zero-order valence-electron chi connectivity index (χ0n) is 13.5. The van der Waals surface area contributed by atoms with Gasteiger partial charge in [0.15, 0.2) is 0 Å². The van der Waals surface area contributed by atoms with Crippen molar-refractivity contribution in [3.05, 3.63) is 71.3 Å². The third-order valence-electron chi connectivity index (χ3n) is 4.64. The smallest absolute Gasteiger partial charge is 0.0264 e. The molecule has 1 atom stereocenters. The van der Waals surface area contributed by atoms with E-state index < -0.39 is 0 Å². The number of nitrogens with zero attached hydrogens (tertiary/aromatic N) is 1. The summed E-state index contributed by atoms with van der Waals surface area (Å²) in [6.45, 7) is 6.68. The number of aryl methyl sites for hydroxylation is 1. The van der Waals surface area contributed by atoms with Crippen molar-refractivity contribution in [2.24, 2.45) is 0 Å². The van der Waals surface area contributed by atoms with Crippen LogP contribution in [0.3, 0.4) is 0 Å². The summed E-state index contributed by atoms with van der Waals surface area (Å²) in [4.78, 5) is 2.66. The highest BCUT2D eigenvalue weighted by atomic mass is 15.2. The highest BCUT2D eigenvalue weighted by Crippen LogP contribution is 2.17. The first kappa shape index (κ1) is 15.3. The Balaban J connectivity index is 1.74. The van der Waals surface area contributed by atoms with Gasteiger partial charge in [-0.15, -0.1) is 0 Å². The van der Waals surface area contributed by atoms with Crippen molar-refractivity contribution in [2.45, 2.75) is 32.4 Å². The minimum atomic E-state index is 0.574. The molecule has 116 valence electrons. The van der Waals surface area contributed by atoms with Crippen molar-refractivity contribution in [1.82, 2.24) is 10.2 Å². The van der Waals surface area contributed by atoms with E-state index >= 15 is 0 Å². The lowest BCUT2D eigenvalue weighted by atomic mass is 10.0. The third kappa shape index (κ3) is 3.96. The molecule has 1 unspecified atom stereocenters. The van der Waals surface area contributed by atoms with E-state index in [0.29, 0.717) is 6.04 Å². The first-order chi connectivity index (χ1) is 10.8. The van der Waals surface area contributed by atoms with Gasteiger partial charge in [-0.2, -0.15) is 0 Å². The number of rotatable bonds is 4. The highest BCUT2D eigenvalue weighted by molar-refractivity contribution is 5.25. The van der Waals surface area contributed by atoms with Gasteiger partial charge < -0.3 is 5.32 Å². The molecular formula is C20H26N2. The topological polar surface area (TPSA) is 15.3 Å².